The molecule has 2 aromatic heterocycles. The number of ether oxygens (including phenoxy) is 2. The van der Waals surface area contributed by atoms with Crippen LogP contribution in [0.1, 0.15) is 112 Å². The largest absolute Gasteiger partial charge is 0.468 e. The molecule has 4 aliphatic heterocycles. The summed E-state index contributed by atoms with van der Waals surface area (Å²) in [6, 6.07) is 22.0. The van der Waals surface area contributed by atoms with E-state index in [9.17, 15) is 33.5 Å². The van der Waals surface area contributed by atoms with E-state index < -0.39 is 48.7 Å². The number of nitrogens with one attached hydrogen (secondary N) is 3. The number of piperidine rings is 2. The average molecular weight is 1000 g/mol. The van der Waals surface area contributed by atoms with Gasteiger partial charge in [0, 0.05) is 68.2 Å². The highest BCUT2D eigenvalue weighted by molar-refractivity contribution is 7.90. The number of fused-ring (bicyclic) bond motifs is 3. The first-order valence-electron chi connectivity index (χ1n) is 25.7. The third-order valence-electron chi connectivity index (χ3n) is 17.0. The van der Waals surface area contributed by atoms with Gasteiger partial charge in [0.05, 0.1) is 44.9 Å². The molecule has 6 heterocycles. The second-order valence-electron chi connectivity index (χ2n) is 22.2. The quantitative estimate of drug-likeness (QED) is 0.0622. The second-order valence-corrected chi connectivity index (χ2v) is 23.9. The first-order chi connectivity index (χ1) is 34.4. The van der Waals surface area contributed by atoms with Crippen LogP contribution in [0.3, 0.4) is 0 Å². The molecule has 382 valence electrons. The number of anilines is 4. The van der Waals surface area contributed by atoms with Crippen molar-refractivity contribution in [2.24, 2.45) is 11.3 Å². The molecule has 2 aliphatic carbocycles. The Morgan fingerprint density at radius 2 is 1.69 bits per heavy atom. The number of amides is 1. The molecule has 5 fully saturated rings. The minimum absolute atomic E-state index is 0.104. The van der Waals surface area contributed by atoms with E-state index in [1.165, 1.54) is 23.3 Å². The lowest BCUT2D eigenvalue weighted by Crippen LogP contribution is -2.58. The maximum Gasteiger partial charge on any atom is 0.293 e. The minimum atomic E-state index is -4.63. The number of sulfonamides is 1. The van der Waals surface area contributed by atoms with E-state index in [1.54, 1.807) is 12.3 Å². The second kappa shape index (κ2) is 18.6. The van der Waals surface area contributed by atoms with Gasteiger partial charge in [-0.05, 0) is 156 Å². The number of nitro benzene ring substituents is 1. The molecule has 17 nitrogen and oxygen atoms in total. The van der Waals surface area contributed by atoms with E-state index in [0.29, 0.717) is 74.4 Å². The zero-order valence-corrected chi connectivity index (χ0v) is 42.1. The van der Waals surface area contributed by atoms with Crippen LogP contribution >= 0.6 is 0 Å². The highest BCUT2D eigenvalue weighted by atomic mass is 32.2. The number of hydrogen-bond donors (Lipinski definition) is 5. The van der Waals surface area contributed by atoms with Crippen molar-refractivity contribution >= 4 is 55.4 Å². The van der Waals surface area contributed by atoms with Crippen molar-refractivity contribution in [3.05, 3.63) is 106 Å². The normalized spacial score (nSPS) is 27.6. The molecule has 3 saturated heterocycles. The van der Waals surface area contributed by atoms with Gasteiger partial charge in [-0.1, -0.05) is 24.3 Å². The smallest absolute Gasteiger partial charge is 0.293 e. The summed E-state index contributed by atoms with van der Waals surface area (Å²) in [7, 11) is -4.63. The Labute approximate surface area is 420 Å². The number of H-pyrrole nitrogens is 1. The number of carbonyl (C=O) groups is 1. The predicted molar refractivity (Wildman–Crippen MR) is 275 cm³/mol. The maximum atomic E-state index is 14.7. The lowest BCUT2D eigenvalue weighted by molar-refractivity contribution is -0.384. The van der Waals surface area contributed by atoms with Crippen molar-refractivity contribution in [2.45, 2.75) is 132 Å². The molecule has 2 saturated carbocycles. The number of carbonyl (C=O) groups excluding carboxylic acids is 1. The zero-order chi connectivity index (χ0) is 50.2. The van der Waals surface area contributed by atoms with Crippen LogP contribution in [0.15, 0.2) is 83.9 Å². The molecule has 4 atom stereocenters. The van der Waals surface area contributed by atoms with Crippen LogP contribution in [-0.2, 0) is 14.8 Å². The van der Waals surface area contributed by atoms with Crippen molar-refractivity contribution in [2.75, 3.05) is 54.5 Å². The number of rotatable bonds is 11. The number of aromatic nitrogens is 2. The third kappa shape index (κ3) is 9.40. The number of likely N-dealkylation sites (tertiary alicyclic amines) is 1. The van der Waals surface area contributed by atoms with E-state index in [0.717, 1.165) is 81.7 Å². The van der Waals surface area contributed by atoms with Crippen LogP contribution in [0.25, 0.3) is 11.0 Å². The molecule has 5 N–H and O–H groups in total. The van der Waals surface area contributed by atoms with Crippen LogP contribution in [0.4, 0.5) is 28.4 Å². The number of nitrogens with zero attached hydrogens (tertiary/aromatic N) is 5. The topological polar surface area (TPSA) is 216 Å². The highest BCUT2D eigenvalue weighted by Gasteiger charge is 2.51. The number of hydrogen-bond acceptors (Lipinski definition) is 14. The number of benzene rings is 3. The zero-order valence-electron chi connectivity index (χ0n) is 41.3. The van der Waals surface area contributed by atoms with Gasteiger partial charge < -0.3 is 39.8 Å². The summed E-state index contributed by atoms with van der Waals surface area (Å²) in [4.78, 5) is 41.1. The Morgan fingerprint density at radius 3 is 2.46 bits per heavy atom. The van der Waals surface area contributed by atoms with Gasteiger partial charge in [0.2, 0.25) is 5.88 Å². The Kier molecular flexibility index (Phi) is 12.5. The third-order valence-corrected chi connectivity index (χ3v) is 18.4. The molecule has 3 aromatic carbocycles. The molecular formula is C54H66N8O9S. The van der Waals surface area contributed by atoms with Crippen LogP contribution in [0.2, 0.25) is 0 Å². The maximum absolute atomic E-state index is 14.7. The van der Waals surface area contributed by atoms with Gasteiger partial charge in [-0.3, -0.25) is 19.8 Å². The van der Waals surface area contributed by atoms with Crippen LogP contribution in [0, 0.1) is 28.4 Å². The molecule has 1 spiro atoms. The molecule has 0 unspecified atom stereocenters. The van der Waals surface area contributed by atoms with E-state index in [1.807, 2.05) is 38.1 Å². The molecular weight excluding hydrogens is 937 g/mol. The average Bonchev–Trinajstić information content (AvgIpc) is 3.81. The molecule has 18 heteroatoms. The fourth-order valence-electron chi connectivity index (χ4n) is 12.7. The molecule has 5 aromatic rings. The Morgan fingerprint density at radius 1 is 0.917 bits per heavy atom. The summed E-state index contributed by atoms with van der Waals surface area (Å²) in [6.07, 6.45) is 10.4. The van der Waals surface area contributed by atoms with Crippen LogP contribution in [0.5, 0.6) is 5.88 Å². The number of nitro groups is 1. The minimum Gasteiger partial charge on any atom is -0.468 e. The van der Waals surface area contributed by atoms with E-state index in [2.05, 4.69) is 60.9 Å². The monoisotopic (exact) mass is 1000 g/mol. The Bertz CT molecular complexity index is 2990. The number of aryl methyl sites for hydroxylation is 1. The van der Waals surface area contributed by atoms with E-state index in [-0.39, 0.29) is 34.7 Å². The molecule has 6 aliphatic rings. The number of aliphatic hydroxyl groups is 2. The van der Waals surface area contributed by atoms with Crippen molar-refractivity contribution in [3.63, 3.8) is 0 Å². The summed E-state index contributed by atoms with van der Waals surface area (Å²) in [6.45, 7) is 9.61. The van der Waals surface area contributed by atoms with Gasteiger partial charge in [0.15, 0.2) is 0 Å². The van der Waals surface area contributed by atoms with Gasteiger partial charge in [-0.15, -0.1) is 0 Å². The summed E-state index contributed by atoms with van der Waals surface area (Å²) in [5, 5.41) is 38.0. The van der Waals surface area contributed by atoms with Gasteiger partial charge in [-0.25, -0.2) is 13.1 Å². The summed E-state index contributed by atoms with van der Waals surface area (Å²) < 4.78 is 43.0. The lowest BCUT2D eigenvalue weighted by Gasteiger charge is -2.58. The Hall–Kier alpha value is -5.79. The predicted octanol–water partition coefficient (Wildman–Crippen LogP) is 8.28. The fraction of sp³-hybridized carbons (Fsp3) is 0.519. The first kappa shape index (κ1) is 48.5. The van der Waals surface area contributed by atoms with Crippen molar-refractivity contribution in [1.82, 2.24) is 19.6 Å². The van der Waals surface area contributed by atoms with Crippen molar-refractivity contribution < 1.29 is 37.8 Å². The van der Waals surface area contributed by atoms with Gasteiger partial charge in [0.25, 0.3) is 21.6 Å². The number of pyridine rings is 1. The first-order valence-corrected chi connectivity index (χ1v) is 27.2. The van der Waals surface area contributed by atoms with Gasteiger partial charge in [0.1, 0.15) is 23.1 Å². The van der Waals surface area contributed by atoms with Crippen LogP contribution < -0.4 is 24.6 Å². The standard InChI is InChI=1S/C54H66N8O9S/c1-34-6-4-5-7-40(34)47-31-53(3,65)18-24-60(47)38-29-54(30-38)19-22-59(23-20-54)37-8-10-41(44(27-37)61-43-15-25-70-33-48(43)71-51-46(61)26-36-14-21-55-49(36)57-51)50(63)58-72(68,69)39-9-11-42(45(28-39)62(66)67)56-32-35-12-16-52(2,64)17-13-35/h4-11,14,21,26-28,35,38,43,47-48,56,64-65H,12-13,15-20,22-25,29-33H2,1-3H3,(H,55,57)(H,58,63)/t35?,43-,47+,48-,52?,53+/m0/s1. The van der Waals surface area contributed by atoms with E-state index in [4.69, 9.17) is 14.5 Å². The van der Waals surface area contributed by atoms with Gasteiger partial charge >= 0.3 is 0 Å². The van der Waals surface area contributed by atoms with Crippen molar-refractivity contribution in [1.29, 1.82) is 0 Å². The van der Waals surface area contributed by atoms with Crippen molar-refractivity contribution in [3.8, 4) is 5.88 Å². The number of aromatic amines is 1. The van der Waals surface area contributed by atoms with Gasteiger partial charge in [-0.2, -0.15) is 4.98 Å². The molecule has 0 bridgehead atoms. The van der Waals surface area contributed by atoms with Crippen LogP contribution in [-0.4, -0.2) is 113 Å². The highest BCUT2D eigenvalue weighted by Crippen LogP contribution is 2.55. The summed E-state index contributed by atoms with van der Waals surface area (Å²) >= 11 is 0. The molecule has 11 rings (SSSR count). The fourth-order valence-corrected chi connectivity index (χ4v) is 13.7. The molecule has 72 heavy (non-hydrogen) atoms. The lowest BCUT2D eigenvalue weighted by atomic mass is 9.59. The summed E-state index contributed by atoms with van der Waals surface area (Å²) in [5.41, 5.74) is 3.86. The molecule has 1 amide bonds. The summed E-state index contributed by atoms with van der Waals surface area (Å²) in [5.74, 6) is -0.333. The SMILES string of the molecule is Cc1ccccc1[C@H]1C[C@](C)(O)CCN1C1CC2(CCN(c3ccc(C(=O)NS(=O)(=O)c4ccc(NCC5CCC(C)(O)CC5)c([N+](=O)[O-])c4)c(N4c5cc6cc[nH]c6nc5O[C@H]5COCC[C@@H]54)c3)CC2)C1. The Balaban J connectivity index is 0.866. The molecule has 0 radical (unpaired) electrons. The van der Waals surface area contributed by atoms with E-state index >= 15 is 0 Å².